The molecule has 2 N–H and O–H groups in total. The molecule has 2 atom stereocenters. The molecule has 3 nitrogen and oxygen atoms in total. The minimum atomic E-state index is -0.528. The van der Waals surface area contributed by atoms with E-state index in [1.165, 1.54) is 0 Å². The van der Waals surface area contributed by atoms with Gasteiger partial charge in [0.25, 0.3) is 0 Å². The van der Waals surface area contributed by atoms with Crippen LogP contribution in [0.5, 0.6) is 0 Å². The van der Waals surface area contributed by atoms with Gasteiger partial charge in [-0.3, -0.25) is 0 Å². The third-order valence-electron chi connectivity index (χ3n) is 1.56. The van der Waals surface area contributed by atoms with E-state index in [2.05, 4.69) is 0 Å². The third-order valence-corrected chi connectivity index (χ3v) is 1.56. The molecule has 0 aromatic rings. The van der Waals surface area contributed by atoms with Gasteiger partial charge in [0.1, 0.15) is 0 Å². The summed E-state index contributed by atoms with van der Waals surface area (Å²) < 4.78 is 4.95. The molecule has 0 aromatic heterocycles. The molecule has 0 bridgehead atoms. The average molecular weight is 148 g/mol. The zero-order valence-electron chi connectivity index (χ0n) is 6.58. The number of ether oxygens (including phenoxy) is 1. The van der Waals surface area contributed by atoms with Crippen LogP contribution in [0.3, 0.4) is 0 Å². The van der Waals surface area contributed by atoms with E-state index in [0.29, 0.717) is 6.42 Å². The Hall–Kier alpha value is -0.120. The summed E-state index contributed by atoms with van der Waals surface area (Å²) in [5.74, 6) is 0. The molecule has 0 aromatic carbocycles. The van der Waals surface area contributed by atoms with Crippen molar-refractivity contribution < 1.29 is 14.9 Å². The van der Waals surface area contributed by atoms with Crippen LogP contribution < -0.4 is 0 Å². The van der Waals surface area contributed by atoms with Crippen LogP contribution in [0.4, 0.5) is 0 Å². The first kappa shape index (κ1) is 9.88. The van der Waals surface area contributed by atoms with E-state index in [4.69, 9.17) is 9.84 Å². The standard InChI is InChI=1S/C7H16O3/c1-3-7(10-2)6(9)4-5-8/h6-9H,3-5H2,1-2H3/t6-,7+/m1/s1. The lowest BCUT2D eigenvalue weighted by atomic mass is 10.1. The lowest BCUT2D eigenvalue weighted by Gasteiger charge is -2.18. The van der Waals surface area contributed by atoms with Crippen LogP contribution in [0.25, 0.3) is 0 Å². The second kappa shape index (κ2) is 5.65. The first-order valence-corrected chi connectivity index (χ1v) is 3.58. The molecule has 0 fully saturated rings. The predicted molar refractivity (Wildman–Crippen MR) is 38.8 cm³/mol. The fourth-order valence-corrected chi connectivity index (χ4v) is 0.914. The molecule has 62 valence electrons. The monoisotopic (exact) mass is 148 g/mol. The maximum atomic E-state index is 9.22. The van der Waals surface area contributed by atoms with Gasteiger partial charge in [-0.2, -0.15) is 0 Å². The lowest BCUT2D eigenvalue weighted by Crippen LogP contribution is -2.27. The second-order valence-electron chi connectivity index (χ2n) is 2.26. The van der Waals surface area contributed by atoms with Crippen molar-refractivity contribution in [3.63, 3.8) is 0 Å². The van der Waals surface area contributed by atoms with Crippen molar-refractivity contribution in [3.8, 4) is 0 Å². The summed E-state index contributed by atoms with van der Waals surface area (Å²) in [5.41, 5.74) is 0. The highest BCUT2D eigenvalue weighted by Gasteiger charge is 2.14. The first-order valence-electron chi connectivity index (χ1n) is 3.58. The quantitative estimate of drug-likeness (QED) is 0.583. The molecule has 0 saturated heterocycles. The number of aliphatic hydroxyl groups excluding tert-OH is 2. The summed E-state index contributed by atoms with van der Waals surface area (Å²) in [5, 5.41) is 17.7. The Morgan fingerprint density at radius 1 is 1.50 bits per heavy atom. The average Bonchev–Trinajstić information content (AvgIpc) is 1.91. The van der Waals surface area contributed by atoms with Crippen molar-refractivity contribution in [2.75, 3.05) is 13.7 Å². The molecule has 0 saturated carbocycles. The highest BCUT2D eigenvalue weighted by molar-refractivity contribution is 4.65. The molecule has 0 aliphatic heterocycles. The maximum Gasteiger partial charge on any atom is 0.0828 e. The SMILES string of the molecule is CC[C@H](OC)[C@H](O)CCO. The Bertz CT molecular complexity index is 71.3. The van der Waals surface area contributed by atoms with Gasteiger partial charge in [0, 0.05) is 13.7 Å². The second-order valence-corrected chi connectivity index (χ2v) is 2.26. The number of hydrogen-bond acceptors (Lipinski definition) is 3. The number of rotatable bonds is 5. The fourth-order valence-electron chi connectivity index (χ4n) is 0.914. The Kier molecular flexibility index (Phi) is 5.58. The van der Waals surface area contributed by atoms with Crippen LogP contribution in [-0.2, 0) is 4.74 Å². The first-order chi connectivity index (χ1) is 4.76. The van der Waals surface area contributed by atoms with Gasteiger partial charge in [0.15, 0.2) is 0 Å². The van der Waals surface area contributed by atoms with Crippen molar-refractivity contribution >= 4 is 0 Å². The van der Waals surface area contributed by atoms with E-state index in [-0.39, 0.29) is 12.7 Å². The summed E-state index contributed by atoms with van der Waals surface area (Å²) in [6.07, 6.45) is 0.511. The molecule has 0 rings (SSSR count). The van der Waals surface area contributed by atoms with Crippen LogP contribution in [0, 0.1) is 0 Å². The Morgan fingerprint density at radius 2 is 2.10 bits per heavy atom. The predicted octanol–water partition coefficient (Wildman–Crippen LogP) is 0.155. The molecule has 0 aliphatic rings. The van der Waals surface area contributed by atoms with Crippen LogP contribution in [0.2, 0.25) is 0 Å². The Labute approximate surface area is 61.6 Å². The number of methoxy groups -OCH3 is 1. The van der Waals surface area contributed by atoms with Crippen LogP contribution in [-0.4, -0.2) is 36.1 Å². The molecule has 0 amide bonds. The van der Waals surface area contributed by atoms with E-state index < -0.39 is 6.10 Å². The molecule has 0 heterocycles. The third kappa shape index (κ3) is 3.15. The van der Waals surface area contributed by atoms with Crippen molar-refractivity contribution in [2.45, 2.75) is 32.0 Å². The Balaban J connectivity index is 3.53. The highest BCUT2D eigenvalue weighted by Crippen LogP contribution is 2.05. The molecule has 0 aliphatic carbocycles. The van der Waals surface area contributed by atoms with Gasteiger partial charge in [-0.05, 0) is 12.8 Å². The summed E-state index contributed by atoms with van der Waals surface area (Å²) in [6.45, 7) is 1.95. The molecule has 0 unspecified atom stereocenters. The summed E-state index contributed by atoms with van der Waals surface area (Å²) in [6, 6.07) is 0. The van der Waals surface area contributed by atoms with E-state index in [1.54, 1.807) is 7.11 Å². The van der Waals surface area contributed by atoms with E-state index in [0.717, 1.165) is 6.42 Å². The van der Waals surface area contributed by atoms with E-state index in [9.17, 15) is 5.11 Å². The van der Waals surface area contributed by atoms with Gasteiger partial charge in [0.2, 0.25) is 0 Å². The molecule has 10 heavy (non-hydrogen) atoms. The zero-order valence-corrected chi connectivity index (χ0v) is 6.58. The minimum absolute atomic E-state index is 0.0149. The zero-order chi connectivity index (χ0) is 7.98. The van der Waals surface area contributed by atoms with Crippen molar-refractivity contribution in [1.29, 1.82) is 0 Å². The fraction of sp³-hybridized carbons (Fsp3) is 1.00. The molecule has 3 heteroatoms. The topological polar surface area (TPSA) is 49.7 Å². The van der Waals surface area contributed by atoms with Gasteiger partial charge in [-0.25, -0.2) is 0 Å². The number of aliphatic hydroxyl groups is 2. The van der Waals surface area contributed by atoms with Gasteiger partial charge in [0.05, 0.1) is 12.2 Å². The smallest absolute Gasteiger partial charge is 0.0828 e. The molecule has 0 spiro atoms. The summed E-state index contributed by atoms with van der Waals surface area (Å²) >= 11 is 0. The summed E-state index contributed by atoms with van der Waals surface area (Å²) in [7, 11) is 1.56. The molecular formula is C7H16O3. The van der Waals surface area contributed by atoms with Crippen LogP contribution in [0.15, 0.2) is 0 Å². The molecular weight excluding hydrogens is 132 g/mol. The molecule has 0 radical (unpaired) electrons. The maximum absolute atomic E-state index is 9.22. The van der Waals surface area contributed by atoms with Crippen LogP contribution in [0.1, 0.15) is 19.8 Å². The normalized spacial score (nSPS) is 16.8. The van der Waals surface area contributed by atoms with Crippen molar-refractivity contribution in [1.82, 2.24) is 0 Å². The largest absolute Gasteiger partial charge is 0.396 e. The van der Waals surface area contributed by atoms with Crippen molar-refractivity contribution in [2.24, 2.45) is 0 Å². The van der Waals surface area contributed by atoms with Gasteiger partial charge in [-0.15, -0.1) is 0 Å². The number of hydrogen-bond donors (Lipinski definition) is 2. The van der Waals surface area contributed by atoms with Crippen LogP contribution >= 0.6 is 0 Å². The van der Waals surface area contributed by atoms with Gasteiger partial charge < -0.3 is 14.9 Å². The van der Waals surface area contributed by atoms with Gasteiger partial charge in [-0.1, -0.05) is 6.92 Å². The van der Waals surface area contributed by atoms with E-state index in [1.807, 2.05) is 6.92 Å². The highest BCUT2D eigenvalue weighted by atomic mass is 16.5. The lowest BCUT2D eigenvalue weighted by molar-refractivity contribution is -0.0236. The van der Waals surface area contributed by atoms with Gasteiger partial charge >= 0.3 is 0 Å². The van der Waals surface area contributed by atoms with E-state index >= 15 is 0 Å². The Morgan fingerprint density at radius 3 is 2.40 bits per heavy atom. The minimum Gasteiger partial charge on any atom is -0.396 e. The summed E-state index contributed by atoms with van der Waals surface area (Å²) in [4.78, 5) is 0. The van der Waals surface area contributed by atoms with Crippen molar-refractivity contribution in [3.05, 3.63) is 0 Å².